The first-order chi connectivity index (χ1) is 24.1. The van der Waals surface area contributed by atoms with E-state index in [0.29, 0.717) is 53.9 Å². The van der Waals surface area contributed by atoms with E-state index in [4.69, 9.17) is 40.4 Å². The van der Waals surface area contributed by atoms with Gasteiger partial charge in [0.05, 0.1) is 25.3 Å². The number of carbonyl (C=O) groups excluding carboxylic acids is 2. The number of hydrogen-bond acceptors (Lipinski definition) is 8. The Labute approximate surface area is 295 Å². The first kappa shape index (κ1) is 36.5. The molecule has 3 aromatic carbocycles. The molecule has 2 bridgehead atoms. The fourth-order valence-electron chi connectivity index (χ4n) is 6.34. The molecule has 1 saturated heterocycles. The Morgan fingerprint density at radius 2 is 1.64 bits per heavy atom. The van der Waals surface area contributed by atoms with Gasteiger partial charge in [-0.3, -0.25) is 14.4 Å². The van der Waals surface area contributed by atoms with E-state index in [1.165, 1.54) is 18.2 Å². The number of ether oxygens (including phenoxy) is 4. The van der Waals surface area contributed by atoms with Crippen molar-refractivity contribution in [3.63, 3.8) is 0 Å². The summed E-state index contributed by atoms with van der Waals surface area (Å²) in [4.78, 5) is 39.2. The summed E-state index contributed by atoms with van der Waals surface area (Å²) in [5.41, 5.74) is 3.54. The van der Waals surface area contributed by atoms with E-state index in [1.54, 1.807) is 21.1 Å². The SMILES string of the molecule is COc1cc(CN(C(=O)C2=C(c3ccc(OCCOc4cc(F)ccc4Cl)cc3)C[C@@H]3CN(C(C)=O)C[C@H]2N3)C2CC2)cc(OC)c1.O=CO. The summed E-state index contributed by atoms with van der Waals surface area (Å²) in [6.45, 7) is 3.18. The van der Waals surface area contributed by atoms with Crippen LogP contribution in [0.4, 0.5) is 4.39 Å². The maximum atomic E-state index is 14.6. The number of hydrogen-bond donors (Lipinski definition) is 2. The summed E-state index contributed by atoms with van der Waals surface area (Å²) in [6, 6.07) is 17.2. The van der Waals surface area contributed by atoms with Gasteiger partial charge in [0.15, 0.2) is 0 Å². The molecule has 2 amide bonds. The molecule has 3 aliphatic rings. The van der Waals surface area contributed by atoms with Crippen LogP contribution in [0.3, 0.4) is 0 Å². The smallest absolute Gasteiger partial charge is 0.290 e. The van der Waals surface area contributed by atoms with Gasteiger partial charge in [0.2, 0.25) is 5.91 Å². The van der Waals surface area contributed by atoms with Gasteiger partial charge >= 0.3 is 0 Å². The van der Waals surface area contributed by atoms with Crippen LogP contribution in [0.1, 0.15) is 37.3 Å². The second kappa shape index (κ2) is 16.7. The van der Waals surface area contributed by atoms with Crippen molar-refractivity contribution in [2.24, 2.45) is 0 Å². The minimum Gasteiger partial charge on any atom is -0.497 e. The maximum Gasteiger partial charge on any atom is 0.290 e. The van der Waals surface area contributed by atoms with E-state index in [2.05, 4.69) is 5.32 Å². The van der Waals surface area contributed by atoms with Gasteiger partial charge in [0.1, 0.15) is 42.0 Å². The predicted octanol–water partition coefficient (Wildman–Crippen LogP) is 5.19. The molecule has 2 heterocycles. The van der Waals surface area contributed by atoms with E-state index in [1.807, 2.05) is 52.3 Å². The van der Waals surface area contributed by atoms with Crippen molar-refractivity contribution in [1.29, 1.82) is 0 Å². The van der Waals surface area contributed by atoms with Crippen molar-refractivity contribution in [2.75, 3.05) is 40.5 Å². The molecular weight excluding hydrogens is 669 g/mol. The number of benzene rings is 3. The van der Waals surface area contributed by atoms with E-state index >= 15 is 0 Å². The van der Waals surface area contributed by atoms with Gasteiger partial charge in [-0.05, 0) is 72.4 Å². The number of carbonyl (C=O) groups is 3. The summed E-state index contributed by atoms with van der Waals surface area (Å²) in [6.07, 6.45) is 2.49. The summed E-state index contributed by atoms with van der Waals surface area (Å²) in [5.74, 6) is 1.79. The Bertz CT molecular complexity index is 1690. The van der Waals surface area contributed by atoms with Gasteiger partial charge in [0, 0.05) is 56.3 Å². The fourth-order valence-corrected chi connectivity index (χ4v) is 6.51. The van der Waals surface area contributed by atoms with Crippen LogP contribution in [0.2, 0.25) is 5.02 Å². The van der Waals surface area contributed by atoms with Crippen LogP contribution in [0.15, 0.2) is 66.2 Å². The molecule has 1 saturated carbocycles. The van der Waals surface area contributed by atoms with Gasteiger partial charge in [-0.25, -0.2) is 4.39 Å². The summed E-state index contributed by atoms with van der Waals surface area (Å²) in [5, 5.41) is 10.9. The number of amides is 2. The van der Waals surface area contributed by atoms with Crippen LogP contribution in [0, 0.1) is 5.82 Å². The Hall–Kier alpha value is -4.81. The standard InChI is InChI=1S/C36H39ClFN3O6.CH2O2/c1-22(42)40-20-26-17-31(24-4-9-28(10-5-24)46-12-13-47-34-16-25(38)6-11-32(34)37)35(33(21-40)39-26)36(43)41(27-7-8-27)19-23-14-29(44-2)18-30(15-23)45-3;2-1-3/h4-6,9-11,14-16,18,26-27,33,39H,7-8,12-13,17,19-21H2,1-3H3;1H,(H,2,3)/t26-,33-;/m1./s1. The van der Waals surface area contributed by atoms with Crippen LogP contribution < -0.4 is 24.3 Å². The summed E-state index contributed by atoms with van der Waals surface area (Å²) >= 11 is 6.08. The lowest BCUT2D eigenvalue weighted by atomic mass is 9.82. The van der Waals surface area contributed by atoms with E-state index in [0.717, 1.165) is 29.5 Å². The lowest BCUT2D eigenvalue weighted by Crippen LogP contribution is -2.61. The second-order valence-corrected chi connectivity index (χ2v) is 12.6. The Morgan fingerprint density at radius 1 is 0.980 bits per heavy atom. The van der Waals surface area contributed by atoms with E-state index < -0.39 is 5.82 Å². The largest absolute Gasteiger partial charge is 0.497 e. The highest BCUT2D eigenvalue weighted by molar-refractivity contribution is 6.32. The highest BCUT2D eigenvalue weighted by Crippen LogP contribution is 2.38. The lowest BCUT2D eigenvalue weighted by Gasteiger charge is -2.44. The minimum absolute atomic E-state index is 0.00410. The number of carboxylic acid groups (broad SMARTS) is 1. The number of rotatable bonds is 12. The molecule has 2 aliphatic heterocycles. The average Bonchev–Trinajstić information content (AvgIpc) is 3.96. The molecule has 13 heteroatoms. The van der Waals surface area contributed by atoms with Gasteiger partial charge in [0.25, 0.3) is 12.4 Å². The summed E-state index contributed by atoms with van der Waals surface area (Å²) in [7, 11) is 3.22. The van der Waals surface area contributed by atoms with E-state index in [-0.39, 0.29) is 55.4 Å². The molecule has 0 spiro atoms. The van der Waals surface area contributed by atoms with Crippen LogP contribution in [0.25, 0.3) is 5.57 Å². The van der Waals surface area contributed by atoms with Crippen LogP contribution in [-0.2, 0) is 20.9 Å². The highest BCUT2D eigenvalue weighted by Gasteiger charge is 2.43. The fraction of sp³-hybridized carbons (Fsp3) is 0.378. The van der Waals surface area contributed by atoms with Crippen molar-refractivity contribution < 1.29 is 42.8 Å². The third kappa shape index (κ3) is 9.05. The molecule has 0 unspecified atom stereocenters. The number of piperazine rings is 1. The van der Waals surface area contributed by atoms with Crippen molar-refractivity contribution in [2.45, 2.75) is 50.9 Å². The minimum atomic E-state index is -0.426. The Balaban J connectivity index is 0.00000156. The first-order valence-corrected chi connectivity index (χ1v) is 16.7. The molecule has 0 aromatic heterocycles. The predicted molar refractivity (Wildman–Crippen MR) is 185 cm³/mol. The van der Waals surface area contributed by atoms with Gasteiger partial charge < -0.3 is 39.2 Å². The number of methoxy groups -OCH3 is 2. The molecule has 2 N–H and O–H groups in total. The molecule has 11 nitrogen and oxygen atoms in total. The zero-order valence-electron chi connectivity index (χ0n) is 28.2. The molecular formula is C37H41ClFN3O8. The van der Waals surface area contributed by atoms with Crippen LogP contribution >= 0.6 is 11.6 Å². The number of nitrogens with zero attached hydrogens (tertiary/aromatic N) is 2. The molecule has 0 radical (unpaired) electrons. The summed E-state index contributed by atoms with van der Waals surface area (Å²) < 4.78 is 36.0. The normalized spacial score (nSPS) is 18.0. The maximum absolute atomic E-state index is 14.6. The lowest BCUT2D eigenvalue weighted by molar-refractivity contribution is -0.132. The zero-order valence-corrected chi connectivity index (χ0v) is 29.0. The second-order valence-electron chi connectivity index (χ2n) is 12.2. The van der Waals surface area contributed by atoms with Gasteiger partial charge in [-0.15, -0.1) is 0 Å². The third-order valence-electron chi connectivity index (χ3n) is 8.80. The van der Waals surface area contributed by atoms with Crippen molar-refractivity contribution in [3.05, 3.63) is 88.2 Å². The molecule has 1 aliphatic carbocycles. The zero-order chi connectivity index (χ0) is 35.8. The van der Waals surface area contributed by atoms with Crippen LogP contribution in [0.5, 0.6) is 23.0 Å². The molecule has 2 atom stereocenters. The Kier molecular flexibility index (Phi) is 12.2. The highest BCUT2D eigenvalue weighted by atomic mass is 35.5. The molecule has 2 fully saturated rings. The topological polar surface area (TPSA) is 127 Å². The van der Waals surface area contributed by atoms with Gasteiger partial charge in [-0.2, -0.15) is 0 Å². The van der Waals surface area contributed by atoms with E-state index in [9.17, 15) is 14.0 Å². The third-order valence-corrected chi connectivity index (χ3v) is 9.11. The molecule has 6 rings (SSSR count). The van der Waals surface area contributed by atoms with Crippen molar-refractivity contribution in [3.8, 4) is 23.0 Å². The van der Waals surface area contributed by atoms with Crippen LogP contribution in [-0.4, -0.2) is 91.8 Å². The first-order valence-electron chi connectivity index (χ1n) is 16.3. The number of halogens is 2. The number of nitrogens with one attached hydrogen (secondary N) is 1. The molecule has 3 aromatic rings. The molecule has 50 heavy (non-hydrogen) atoms. The molecule has 266 valence electrons. The van der Waals surface area contributed by atoms with Crippen molar-refractivity contribution in [1.82, 2.24) is 15.1 Å². The monoisotopic (exact) mass is 709 g/mol. The van der Waals surface area contributed by atoms with Gasteiger partial charge in [-0.1, -0.05) is 23.7 Å². The Morgan fingerprint density at radius 3 is 2.26 bits per heavy atom. The quantitative estimate of drug-likeness (QED) is 0.193. The number of fused-ring (bicyclic) bond motifs is 2. The van der Waals surface area contributed by atoms with Crippen molar-refractivity contribution >= 4 is 35.5 Å². The average molecular weight is 710 g/mol.